The van der Waals surface area contributed by atoms with Gasteiger partial charge in [-0.3, -0.25) is 9.59 Å². The number of nitrogens with zero attached hydrogens (tertiary/aromatic N) is 1. The quantitative estimate of drug-likeness (QED) is 0.505. The van der Waals surface area contributed by atoms with Crippen LogP contribution < -0.4 is 0 Å². The molecule has 2 heterocycles. The summed E-state index contributed by atoms with van der Waals surface area (Å²) in [6.45, 7) is 2.44. The zero-order chi connectivity index (χ0) is 19.4. The number of hydrogen-bond acceptors (Lipinski definition) is 4. The molecule has 28 heavy (non-hydrogen) atoms. The van der Waals surface area contributed by atoms with Gasteiger partial charge in [-0.2, -0.15) is 0 Å². The van der Waals surface area contributed by atoms with Gasteiger partial charge < -0.3 is 9.30 Å². The minimum absolute atomic E-state index is 0.175. The molecule has 1 aliphatic carbocycles. The Labute approximate surface area is 161 Å². The number of aromatic nitrogens is 1. The molecule has 0 saturated carbocycles. The number of esters is 1. The van der Waals surface area contributed by atoms with Gasteiger partial charge in [0.05, 0.1) is 23.4 Å². The van der Waals surface area contributed by atoms with Crippen LogP contribution in [0.1, 0.15) is 54.8 Å². The van der Waals surface area contributed by atoms with E-state index in [0.717, 1.165) is 17.5 Å². The van der Waals surface area contributed by atoms with Gasteiger partial charge in [0.1, 0.15) is 5.69 Å². The van der Waals surface area contributed by atoms with Crippen LogP contribution in [0.25, 0.3) is 11.3 Å². The number of rotatable bonds is 2. The van der Waals surface area contributed by atoms with Crippen molar-refractivity contribution >= 4 is 17.5 Å². The molecule has 0 spiro atoms. The number of hydrogen-bond donors (Lipinski definition) is 0. The molecule has 0 bridgehead atoms. The number of aryl methyl sites for hydroxylation is 1. The second-order valence-electron chi connectivity index (χ2n) is 6.93. The molecule has 2 aliphatic rings. The molecule has 0 atom stereocenters. The van der Waals surface area contributed by atoms with E-state index in [-0.39, 0.29) is 29.4 Å². The molecule has 5 heteroatoms. The second kappa shape index (κ2) is 6.02. The molecule has 0 amide bonds. The summed E-state index contributed by atoms with van der Waals surface area (Å²) >= 11 is 0. The highest BCUT2D eigenvalue weighted by Crippen LogP contribution is 2.42. The van der Waals surface area contributed by atoms with Gasteiger partial charge >= 0.3 is 5.97 Å². The van der Waals surface area contributed by atoms with Crippen molar-refractivity contribution in [2.24, 2.45) is 0 Å². The molecular weight excluding hydrogens is 354 g/mol. The largest absolute Gasteiger partial charge is 0.461 e. The average Bonchev–Trinajstić information content (AvgIpc) is 3.08. The highest BCUT2D eigenvalue weighted by molar-refractivity contribution is 6.32. The fourth-order valence-corrected chi connectivity index (χ4v) is 4.33. The summed E-state index contributed by atoms with van der Waals surface area (Å²) in [6.07, 6.45) is 0.721. The van der Waals surface area contributed by atoms with Crippen LogP contribution >= 0.6 is 0 Å². The van der Waals surface area contributed by atoms with E-state index in [1.54, 1.807) is 35.8 Å². The van der Waals surface area contributed by atoms with E-state index >= 15 is 0 Å². The molecule has 0 fully saturated rings. The lowest BCUT2D eigenvalue weighted by Crippen LogP contribution is -2.22. The van der Waals surface area contributed by atoms with Crippen molar-refractivity contribution in [2.45, 2.75) is 19.9 Å². The molecule has 5 nitrogen and oxygen atoms in total. The summed E-state index contributed by atoms with van der Waals surface area (Å²) < 4.78 is 7.05. The lowest BCUT2D eigenvalue weighted by Gasteiger charge is -2.22. The van der Waals surface area contributed by atoms with Gasteiger partial charge in [0, 0.05) is 23.2 Å². The Hall–Kier alpha value is -3.47. The van der Waals surface area contributed by atoms with Crippen molar-refractivity contribution in [3.63, 3.8) is 0 Å². The number of fused-ring (bicyclic) bond motifs is 6. The van der Waals surface area contributed by atoms with Crippen LogP contribution in [-0.2, 0) is 17.7 Å². The van der Waals surface area contributed by atoms with Crippen molar-refractivity contribution in [2.75, 3.05) is 6.61 Å². The van der Waals surface area contributed by atoms with Crippen molar-refractivity contribution < 1.29 is 19.1 Å². The molecule has 1 aromatic heterocycles. The second-order valence-corrected chi connectivity index (χ2v) is 6.93. The van der Waals surface area contributed by atoms with Crippen LogP contribution in [-0.4, -0.2) is 28.7 Å². The highest BCUT2D eigenvalue weighted by atomic mass is 16.5. The standard InChI is InChI=1S/C23H17NO4/c1-2-28-23(27)20-18-17(21(25)15-9-5-6-10-16(15)22(18)26)19-14-8-4-3-7-13(14)11-12-24(19)20/h3-10H,2,11-12H2,1H3. The van der Waals surface area contributed by atoms with Crippen LogP contribution in [0.2, 0.25) is 0 Å². The molecular formula is C23H17NO4. The smallest absolute Gasteiger partial charge is 0.355 e. The van der Waals surface area contributed by atoms with Gasteiger partial charge in [-0.1, -0.05) is 48.5 Å². The molecule has 5 rings (SSSR count). The first-order chi connectivity index (χ1) is 13.6. The normalized spacial score (nSPS) is 14.0. The summed E-state index contributed by atoms with van der Waals surface area (Å²) in [5.41, 5.74) is 4.04. The van der Waals surface area contributed by atoms with Crippen LogP contribution in [0.15, 0.2) is 48.5 Å². The maximum atomic E-state index is 13.4. The third-order valence-corrected chi connectivity index (χ3v) is 5.48. The lowest BCUT2D eigenvalue weighted by atomic mass is 9.83. The van der Waals surface area contributed by atoms with Gasteiger partial charge in [-0.05, 0) is 18.9 Å². The molecule has 138 valence electrons. The van der Waals surface area contributed by atoms with Crippen LogP contribution in [0.3, 0.4) is 0 Å². The van der Waals surface area contributed by atoms with E-state index in [1.807, 2.05) is 24.3 Å². The Kier molecular flexibility index (Phi) is 3.59. The summed E-state index contributed by atoms with van der Waals surface area (Å²) in [6, 6.07) is 14.6. The van der Waals surface area contributed by atoms with E-state index in [9.17, 15) is 14.4 Å². The predicted molar refractivity (Wildman–Crippen MR) is 103 cm³/mol. The summed E-state index contributed by atoms with van der Waals surface area (Å²) in [5, 5.41) is 0. The predicted octanol–water partition coefficient (Wildman–Crippen LogP) is 3.66. The SMILES string of the molecule is CCOC(=O)c1c2c(c3n1CCc1ccccc1-3)C(=O)c1ccccc1C2=O. The molecule has 3 aromatic rings. The first-order valence-electron chi connectivity index (χ1n) is 9.33. The van der Waals surface area contributed by atoms with Crippen molar-refractivity contribution in [1.82, 2.24) is 4.57 Å². The van der Waals surface area contributed by atoms with Crippen molar-refractivity contribution in [1.29, 1.82) is 0 Å². The lowest BCUT2D eigenvalue weighted by molar-refractivity contribution is 0.0511. The molecule has 0 radical (unpaired) electrons. The summed E-state index contributed by atoms with van der Waals surface area (Å²) in [5.74, 6) is -1.08. The zero-order valence-electron chi connectivity index (χ0n) is 15.3. The van der Waals surface area contributed by atoms with Gasteiger partial charge in [0.25, 0.3) is 0 Å². The molecule has 0 N–H and O–H groups in total. The average molecular weight is 371 g/mol. The van der Waals surface area contributed by atoms with E-state index < -0.39 is 5.97 Å². The Morgan fingerprint density at radius 1 is 0.929 bits per heavy atom. The van der Waals surface area contributed by atoms with Crippen molar-refractivity contribution in [3.05, 3.63) is 82.0 Å². The minimum atomic E-state index is -0.565. The Bertz CT molecular complexity index is 1190. The van der Waals surface area contributed by atoms with E-state index in [1.165, 1.54) is 0 Å². The first-order valence-corrected chi connectivity index (χ1v) is 9.33. The van der Waals surface area contributed by atoms with Crippen LogP contribution in [0.4, 0.5) is 0 Å². The fraction of sp³-hybridized carbons (Fsp3) is 0.174. The summed E-state index contributed by atoms with van der Waals surface area (Å²) in [4.78, 5) is 39.6. The maximum Gasteiger partial charge on any atom is 0.355 e. The van der Waals surface area contributed by atoms with E-state index in [2.05, 4.69) is 0 Å². The zero-order valence-corrected chi connectivity index (χ0v) is 15.3. The van der Waals surface area contributed by atoms with Gasteiger partial charge in [0.2, 0.25) is 0 Å². The van der Waals surface area contributed by atoms with Crippen molar-refractivity contribution in [3.8, 4) is 11.3 Å². The topological polar surface area (TPSA) is 65.4 Å². The van der Waals surface area contributed by atoms with Gasteiger partial charge in [-0.25, -0.2) is 4.79 Å². The minimum Gasteiger partial charge on any atom is -0.461 e. The molecule has 2 aromatic carbocycles. The van der Waals surface area contributed by atoms with Gasteiger partial charge in [-0.15, -0.1) is 0 Å². The monoisotopic (exact) mass is 371 g/mol. The first kappa shape index (κ1) is 16.7. The number of ether oxygens (including phenoxy) is 1. The Balaban J connectivity index is 1.88. The third kappa shape index (κ3) is 2.10. The summed E-state index contributed by atoms with van der Waals surface area (Å²) in [7, 11) is 0. The van der Waals surface area contributed by atoms with Crippen LogP contribution in [0.5, 0.6) is 0 Å². The Morgan fingerprint density at radius 2 is 1.54 bits per heavy atom. The number of carbonyl (C=O) groups excluding carboxylic acids is 3. The van der Waals surface area contributed by atoms with E-state index in [0.29, 0.717) is 28.9 Å². The maximum absolute atomic E-state index is 13.4. The van der Waals surface area contributed by atoms with Gasteiger partial charge in [0.15, 0.2) is 11.6 Å². The fourth-order valence-electron chi connectivity index (χ4n) is 4.33. The van der Waals surface area contributed by atoms with Crippen LogP contribution in [0, 0.1) is 0 Å². The van der Waals surface area contributed by atoms with E-state index in [4.69, 9.17) is 4.74 Å². The third-order valence-electron chi connectivity index (χ3n) is 5.48. The Morgan fingerprint density at radius 3 is 2.21 bits per heavy atom. The number of ketones is 2. The molecule has 0 saturated heterocycles. The number of benzene rings is 2. The molecule has 0 unspecified atom stereocenters. The number of carbonyl (C=O) groups is 3. The molecule has 1 aliphatic heterocycles. The highest BCUT2D eigenvalue weighted by Gasteiger charge is 2.41.